The summed E-state index contributed by atoms with van der Waals surface area (Å²) in [4.78, 5) is 7.06. The summed E-state index contributed by atoms with van der Waals surface area (Å²) in [5.74, 6) is 1.21. The largest absolute Gasteiger partial charge is 0.379 e. The van der Waals surface area contributed by atoms with Gasteiger partial charge >= 0.3 is 0 Å². The number of ether oxygens (including phenoxy) is 1. The highest BCUT2D eigenvalue weighted by atomic mass is 16.5. The lowest BCUT2D eigenvalue weighted by atomic mass is 10.00. The molecule has 0 bridgehead atoms. The molecule has 3 aromatic rings. The molecule has 6 nitrogen and oxygen atoms in total. The van der Waals surface area contributed by atoms with E-state index in [1.165, 1.54) is 16.7 Å². The van der Waals surface area contributed by atoms with Crippen molar-refractivity contribution in [2.75, 3.05) is 39.4 Å². The zero-order valence-corrected chi connectivity index (χ0v) is 16.6. The van der Waals surface area contributed by atoms with E-state index >= 15 is 0 Å². The molecule has 1 N–H and O–H groups in total. The van der Waals surface area contributed by atoms with Crippen LogP contribution in [0.4, 0.5) is 0 Å². The van der Waals surface area contributed by atoms with Gasteiger partial charge in [0.05, 0.1) is 13.2 Å². The molecule has 150 valence electrons. The van der Waals surface area contributed by atoms with Crippen molar-refractivity contribution >= 4 is 0 Å². The van der Waals surface area contributed by atoms with Crippen LogP contribution in [0.25, 0.3) is 22.8 Å². The summed E-state index contributed by atoms with van der Waals surface area (Å²) >= 11 is 0. The molecular weight excluding hydrogens is 364 g/mol. The van der Waals surface area contributed by atoms with Gasteiger partial charge in [-0.15, -0.1) is 0 Å². The van der Waals surface area contributed by atoms with Crippen LogP contribution in [-0.4, -0.2) is 54.4 Å². The van der Waals surface area contributed by atoms with Crippen LogP contribution in [0.3, 0.4) is 0 Å². The SMILES string of the molecule is c1cc(-c2noc(-c3ccc4c(c3)CCNCC4)n2)ccc1CN1CCOCC1. The fraction of sp³-hybridized carbons (Fsp3) is 0.391. The third-order valence-electron chi connectivity index (χ3n) is 5.74. The van der Waals surface area contributed by atoms with Gasteiger partial charge in [-0.25, -0.2) is 0 Å². The maximum atomic E-state index is 5.58. The van der Waals surface area contributed by atoms with Crippen molar-refractivity contribution < 1.29 is 9.26 Å². The predicted octanol–water partition coefficient (Wildman–Crippen LogP) is 2.92. The summed E-state index contributed by atoms with van der Waals surface area (Å²) in [6.45, 7) is 6.64. The average molecular weight is 390 g/mol. The summed E-state index contributed by atoms with van der Waals surface area (Å²) in [5.41, 5.74) is 6.05. The highest BCUT2D eigenvalue weighted by molar-refractivity contribution is 5.61. The lowest BCUT2D eigenvalue weighted by Crippen LogP contribution is -2.35. The van der Waals surface area contributed by atoms with Crippen LogP contribution in [0.1, 0.15) is 16.7 Å². The van der Waals surface area contributed by atoms with E-state index in [9.17, 15) is 0 Å². The molecule has 2 aromatic carbocycles. The molecule has 0 atom stereocenters. The fourth-order valence-corrected chi connectivity index (χ4v) is 4.04. The minimum atomic E-state index is 0.581. The Morgan fingerprint density at radius 1 is 0.897 bits per heavy atom. The normalized spacial score (nSPS) is 17.7. The van der Waals surface area contributed by atoms with Crippen molar-refractivity contribution in [1.82, 2.24) is 20.4 Å². The second-order valence-electron chi connectivity index (χ2n) is 7.74. The van der Waals surface area contributed by atoms with Crippen LogP contribution >= 0.6 is 0 Å². The molecule has 3 heterocycles. The minimum Gasteiger partial charge on any atom is -0.379 e. The standard InChI is InChI=1S/C23H26N4O2/c1-3-19(4-2-17(1)16-27-11-13-28-14-12-27)22-25-23(29-26-22)21-6-5-18-7-9-24-10-8-20(18)15-21/h1-6,15,24H,7-14,16H2. The molecule has 2 aliphatic rings. The summed E-state index contributed by atoms with van der Waals surface area (Å²) < 4.78 is 11.0. The maximum absolute atomic E-state index is 5.58. The number of benzene rings is 2. The number of nitrogens with one attached hydrogen (secondary N) is 1. The summed E-state index contributed by atoms with van der Waals surface area (Å²) in [6.07, 6.45) is 2.11. The molecule has 5 rings (SSSR count). The Morgan fingerprint density at radius 3 is 2.48 bits per heavy atom. The summed E-state index contributed by atoms with van der Waals surface area (Å²) in [5, 5.41) is 7.66. The molecule has 2 aliphatic heterocycles. The zero-order valence-electron chi connectivity index (χ0n) is 16.6. The monoisotopic (exact) mass is 390 g/mol. The van der Waals surface area contributed by atoms with E-state index in [0.717, 1.165) is 69.9 Å². The van der Waals surface area contributed by atoms with Crippen LogP contribution in [0.2, 0.25) is 0 Å². The van der Waals surface area contributed by atoms with Crippen molar-refractivity contribution in [2.24, 2.45) is 0 Å². The molecule has 0 saturated carbocycles. The van der Waals surface area contributed by atoms with E-state index < -0.39 is 0 Å². The number of hydrogen-bond donors (Lipinski definition) is 1. The highest BCUT2D eigenvalue weighted by Crippen LogP contribution is 2.25. The molecule has 0 radical (unpaired) electrons. The van der Waals surface area contributed by atoms with Gasteiger partial charge in [-0.1, -0.05) is 35.5 Å². The fourth-order valence-electron chi connectivity index (χ4n) is 4.04. The average Bonchev–Trinajstić information content (AvgIpc) is 3.14. The Labute approximate surface area is 170 Å². The third-order valence-corrected chi connectivity index (χ3v) is 5.74. The highest BCUT2D eigenvalue weighted by Gasteiger charge is 2.15. The Bertz CT molecular complexity index is 961. The molecule has 0 unspecified atom stereocenters. The first-order valence-corrected chi connectivity index (χ1v) is 10.4. The summed E-state index contributed by atoms with van der Waals surface area (Å²) in [7, 11) is 0. The molecular formula is C23H26N4O2. The van der Waals surface area contributed by atoms with E-state index in [4.69, 9.17) is 9.26 Å². The topological polar surface area (TPSA) is 63.4 Å². The zero-order chi connectivity index (χ0) is 19.5. The lowest BCUT2D eigenvalue weighted by Gasteiger charge is -2.26. The Kier molecular flexibility index (Phi) is 5.39. The van der Waals surface area contributed by atoms with Crippen molar-refractivity contribution in [1.29, 1.82) is 0 Å². The van der Waals surface area contributed by atoms with Crippen molar-refractivity contribution in [2.45, 2.75) is 19.4 Å². The van der Waals surface area contributed by atoms with Crippen LogP contribution in [0, 0.1) is 0 Å². The van der Waals surface area contributed by atoms with Crippen LogP contribution < -0.4 is 5.32 Å². The quantitative estimate of drug-likeness (QED) is 0.739. The number of fused-ring (bicyclic) bond motifs is 1. The van der Waals surface area contributed by atoms with E-state index in [1.54, 1.807) is 0 Å². The molecule has 1 aromatic heterocycles. The van der Waals surface area contributed by atoms with Crippen molar-refractivity contribution in [3.63, 3.8) is 0 Å². The summed E-state index contributed by atoms with van der Waals surface area (Å²) in [6, 6.07) is 14.9. The van der Waals surface area contributed by atoms with Crippen molar-refractivity contribution in [3.8, 4) is 22.8 Å². The number of hydrogen-bond acceptors (Lipinski definition) is 6. The van der Waals surface area contributed by atoms with E-state index in [-0.39, 0.29) is 0 Å². The Balaban J connectivity index is 1.31. The number of morpholine rings is 1. The van der Waals surface area contributed by atoms with E-state index in [1.807, 2.05) is 0 Å². The molecule has 0 aliphatic carbocycles. The van der Waals surface area contributed by atoms with Gasteiger partial charge in [0.2, 0.25) is 5.82 Å². The Hall–Kier alpha value is -2.54. The van der Waals surface area contributed by atoms with Gasteiger partial charge in [-0.3, -0.25) is 4.90 Å². The first kappa shape index (κ1) is 18.5. The van der Waals surface area contributed by atoms with Gasteiger partial charge in [0.1, 0.15) is 0 Å². The molecule has 6 heteroatoms. The molecule has 1 fully saturated rings. The van der Waals surface area contributed by atoms with Gasteiger partial charge in [0, 0.05) is 30.8 Å². The Morgan fingerprint density at radius 2 is 1.66 bits per heavy atom. The lowest BCUT2D eigenvalue weighted by molar-refractivity contribution is 0.0342. The second-order valence-corrected chi connectivity index (χ2v) is 7.74. The van der Waals surface area contributed by atoms with Gasteiger partial charge < -0.3 is 14.6 Å². The minimum absolute atomic E-state index is 0.581. The van der Waals surface area contributed by atoms with Gasteiger partial charge in [-0.05, 0) is 54.8 Å². The first-order chi connectivity index (χ1) is 14.3. The first-order valence-electron chi connectivity index (χ1n) is 10.4. The predicted molar refractivity (Wildman–Crippen MR) is 112 cm³/mol. The van der Waals surface area contributed by atoms with Crippen molar-refractivity contribution in [3.05, 3.63) is 59.2 Å². The smallest absolute Gasteiger partial charge is 0.258 e. The van der Waals surface area contributed by atoms with Gasteiger partial charge in [0.15, 0.2) is 0 Å². The van der Waals surface area contributed by atoms with E-state index in [2.05, 4.69) is 62.8 Å². The van der Waals surface area contributed by atoms with Crippen LogP contribution in [0.15, 0.2) is 47.0 Å². The number of nitrogens with zero attached hydrogens (tertiary/aromatic N) is 3. The number of rotatable bonds is 4. The molecule has 0 amide bonds. The number of aromatic nitrogens is 2. The molecule has 1 saturated heterocycles. The van der Waals surface area contributed by atoms with E-state index in [0.29, 0.717) is 11.7 Å². The van der Waals surface area contributed by atoms with Crippen LogP contribution in [-0.2, 0) is 24.1 Å². The molecule has 0 spiro atoms. The second kappa shape index (κ2) is 8.45. The molecule has 29 heavy (non-hydrogen) atoms. The third kappa shape index (κ3) is 4.24. The van der Waals surface area contributed by atoms with Gasteiger partial charge in [-0.2, -0.15) is 4.98 Å². The van der Waals surface area contributed by atoms with Crippen LogP contribution in [0.5, 0.6) is 0 Å². The van der Waals surface area contributed by atoms with Gasteiger partial charge in [0.25, 0.3) is 5.89 Å². The maximum Gasteiger partial charge on any atom is 0.258 e.